The van der Waals surface area contributed by atoms with Crippen LogP contribution in [0.2, 0.25) is 0 Å². The summed E-state index contributed by atoms with van der Waals surface area (Å²) in [6.45, 7) is 2.59. The van der Waals surface area contributed by atoms with Crippen LogP contribution in [0.4, 0.5) is 4.79 Å². The number of hydrogen-bond acceptors (Lipinski definition) is 5. The van der Waals surface area contributed by atoms with Crippen molar-refractivity contribution in [2.24, 2.45) is 0 Å². The Morgan fingerprint density at radius 1 is 1.06 bits per heavy atom. The molecule has 4 rings (SSSR count). The molecule has 0 aliphatic carbocycles. The molecule has 0 N–H and O–H groups in total. The Kier molecular flexibility index (Phi) is 7.95. The molecule has 0 aromatic heterocycles. The fourth-order valence-electron chi connectivity index (χ4n) is 3.37. The quantitative estimate of drug-likeness (QED) is 0.208. The van der Waals surface area contributed by atoms with Crippen molar-refractivity contribution in [3.8, 4) is 11.8 Å². The number of hydrogen-bond donors (Lipinski definition) is 0. The molecule has 1 saturated heterocycles. The summed E-state index contributed by atoms with van der Waals surface area (Å²) in [6.07, 6.45) is 1.73. The van der Waals surface area contributed by atoms with E-state index in [9.17, 15) is 14.9 Å². The molecule has 0 unspecified atom stereocenters. The molecule has 1 heterocycles. The summed E-state index contributed by atoms with van der Waals surface area (Å²) in [5.74, 6) is 0.438. The van der Waals surface area contributed by atoms with E-state index in [-0.39, 0.29) is 17.7 Å². The molecular weight excluding hydrogens is 674 g/mol. The van der Waals surface area contributed by atoms with Crippen LogP contribution in [0, 0.1) is 25.4 Å². The lowest BCUT2D eigenvalue weighted by Crippen LogP contribution is -2.27. The molecule has 170 valence electrons. The molecule has 1 aliphatic heterocycles. The summed E-state index contributed by atoms with van der Waals surface area (Å²) >= 11 is 5.36. The van der Waals surface area contributed by atoms with Crippen LogP contribution >= 0.6 is 56.9 Å². The van der Waals surface area contributed by atoms with Crippen LogP contribution in [0.5, 0.6) is 5.75 Å². The zero-order valence-electron chi connectivity index (χ0n) is 18.0. The average Bonchev–Trinajstić information content (AvgIpc) is 3.07. The Hall–Kier alpha value is -2.36. The van der Waals surface area contributed by atoms with Gasteiger partial charge in [0.05, 0.1) is 30.2 Å². The number of nitrogens with zero attached hydrogens (tertiary/aromatic N) is 2. The Labute approximate surface area is 229 Å². The minimum absolute atomic E-state index is 0.0760. The number of amides is 2. The molecule has 3 aromatic rings. The van der Waals surface area contributed by atoms with E-state index in [1.54, 1.807) is 30.3 Å². The SMILES string of the molecule is Cc1ccc(COc2c(I)cc(/C=C3/SC(=O)N(Cc4ccccc4C#N)C3=O)cc2I)cc1. The van der Waals surface area contributed by atoms with Gasteiger partial charge in [-0.05, 0) is 105 Å². The number of imide groups is 1. The number of nitriles is 1. The summed E-state index contributed by atoms with van der Waals surface area (Å²) in [5, 5.41) is 8.95. The van der Waals surface area contributed by atoms with Crippen LogP contribution in [-0.2, 0) is 17.9 Å². The monoisotopic (exact) mass is 692 g/mol. The third-order valence-electron chi connectivity index (χ3n) is 5.16. The maximum Gasteiger partial charge on any atom is 0.293 e. The van der Waals surface area contributed by atoms with Gasteiger partial charge in [-0.25, -0.2) is 0 Å². The van der Waals surface area contributed by atoms with Gasteiger partial charge < -0.3 is 4.74 Å². The molecule has 8 heteroatoms. The average molecular weight is 692 g/mol. The Balaban J connectivity index is 1.51. The van der Waals surface area contributed by atoms with Gasteiger partial charge in [-0.2, -0.15) is 5.26 Å². The lowest BCUT2D eigenvalue weighted by atomic mass is 10.1. The predicted molar refractivity (Wildman–Crippen MR) is 150 cm³/mol. The lowest BCUT2D eigenvalue weighted by molar-refractivity contribution is -0.123. The first-order valence-electron chi connectivity index (χ1n) is 10.3. The summed E-state index contributed by atoms with van der Waals surface area (Å²) in [4.78, 5) is 27.0. The second kappa shape index (κ2) is 10.9. The number of benzene rings is 3. The summed E-state index contributed by atoms with van der Waals surface area (Å²) < 4.78 is 7.91. The van der Waals surface area contributed by atoms with Crippen molar-refractivity contribution in [3.05, 3.63) is 101 Å². The molecule has 0 spiro atoms. The van der Waals surface area contributed by atoms with Crippen molar-refractivity contribution in [1.29, 1.82) is 5.26 Å². The third-order valence-corrected chi connectivity index (χ3v) is 7.67. The molecule has 1 aliphatic rings. The number of halogens is 2. The van der Waals surface area contributed by atoms with Crippen molar-refractivity contribution in [3.63, 3.8) is 0 Å². The van der Waals surface area contributed by atoms with E-state index in [4.69, 9.17) is 4.74 Å². The minimum atomic E-state index is -0.354. The highest BCUT2D eigenvalue weighted by Gasteiger charge is 2.35. The van der Waals surface area contributed by atoms with Crippen molar-refractivity contribution in [2.45, 2.75) is 20.1 Å². The van der Waals surface area contributed by atoms with Crippen LogP contribution in [0.1, 0.15) is 27.8 Å². The van der Waals surface area contributed by atoms with Gasteiger partial charge in [0, 0.05) is 0 Å². The van der Waals surface area contributed by atoms with Gasteiger partial charge in [0.1, 0.15) is 12.4 Å². The molecule has 0 radical (unpaired) electrons. The number of rotatable bonds is 6. The molecule has 1 fully saturated rings. The normalized spacial score (nSPS) is 14.5. The molecule has 5 nitrogen and oxygen atoms in total. The van der Waals surface area contributed by atoms with Crippen LogP contribution in [-0.4, -0.2) is 16.0 Å². The van der Waals surface area contributed by atoms with E-state index in [1.165, 1.54) is 10.5 Å². The van der Waals surface area contributed by atoms with Gasteiger partial charge in [-0.3, -0.25) is 14.5 Å². The van der Waals surface area contributed by atoms with Crippen molar-refractivity contribution >= 4 is 74.2 Å². The van der Waals surface area contributed by atoms with Gasteiger partial charge in [-0.15, -0.1) is 0 Å². The molecule has 2 amide bonds. The van der Waals surface area contributed by atoms with Gasteiger partial charge in [0.15, 0.2) is 0 Å². The number of carbonyl (C=O) groups is 2. The van der Waals surface area contributed by atoms with E-state index >= 15 is 0 Å². The molecule has 34 heavy (non-hydrogen) atoms. The van der Waals surface area contributed by atoms with E-state index in [2.05, 4.69) is 82.4 Å². The molecular formula is C26H18I2N2O3S. The fourth-order valence-corrected chi connectivity index (χ4v) is 6.33. The van der Waals surface area contributed by atoms with E-state index in [1.807, 2.05) is 12.1 Å². The van der Waals surface area contributed by atoms with Crippen LogP contribution in [0.25, 0.3) is 6.08 Å². The predicted octanol–water partition coefficient (Wildman–Crippen LogP) is 6.89. The highest BCUT2D eigenvalue weighted by Crippen LogP contribution is 2.36. The van der Waals surface area contributed by atoms with Crippen molar-refractivity contribution in [1.82, 2.24) is 4.90 Å². The fraction of sp³-hybridized carbons (Fsp3) is 0.115. The van der Waals surface area contributed by atoms with Gasteiger partial charge in [0.25, 0.3) is 11.1 Å². The van der Waals surface area contributed by atoms with Crippen molar-refractivity contribution in [2.75, 3.05) is 0 Å². The van der Waals surface area contributed by atoms with Crippen LogP contribution < -0.4 is 4.74 Å². The molecule has 0 bridgehead atoms. The van der Waals surface area contributed by atoms with Gasteiger partial charge in [0.2, 0.25) is 0 Å². The topological polar surface area (TPSA) is 70.4 Å². The second-order valence-electron chi connectivity index (χ2n) is 7.62. The Morgan fingerprint density at radius 2 is 1.74 bits per heavy atom. The van der Waals surface area contributed by atoms with Crippen LogP contribution in [0.3, 0.4) is 0 Å². The number of aryl methyl sites for hydroxylation is 1. The zero-order chi connectivity index (χ0) is 24.2. The first-order chi connectivity index (χ1) is 16.4. The molecule has 0 atom stereocenters. The maximum atomic E-state index is 12.9. The van der Waals surface area contributed by atoms with Gasteiger partial charge in [-0.1, -0.05) is 48.0 Å². The first kappa shape index (κ1) is 24.8. The van der Waals surface area contributed by atoms with E-state index in [0.717, 1.165) is 35.8 Å². The first-order valence-corrected chi connectivity index (χ1v) is 13.2. The highest BCUT2D eigenvalue weighted by molar-refractivity contribution is 14.1. The summed E-state index contributed by atoms with van der Waals surface area (Å²) in [7, 11) is 0. The number of ether oxygens (including phenoxy) is 1. The number of thioether (sulfide) groups is 1. The third kappa shape index (κ3) is 5.64. The zero-order valence-corrected chi connectivity index (χ0v) is 23.2. The lowest BCUT2D eigenvalue weighted by Gasteiger charge is -2.13. The second-order valence-corrected chi connectivity index (χ2v) is 10.9. The molecule has 3 aromatic carbocycles. The van der Waals surface area contributed by atoms with E-state index < -0.39 is 0 Å². The van der Waals surface area contributed by atoms with E-state index in [0.29, 0.717) is 22.6 Å². The largest absolute Gasteiger partial charge is 0.487 e. The highest BCUT2D eigenvalue weighted by atomic mass is 127. The van der Waals surface area contributed by atoms with Crippen molar-refractivity contribution < 1.29 is 14.3 Å². The number of carbonyl (C=O) groups excluding carboxylic acids is 2. The standard InChI is InChI=1S/C26H18I2N2O3S/c1-16-6-8-17(9-7-16)15-33-24-21(27)10-18(11-22(24)28)12-23-25(31)30(26(32)34-23)14-20-5-3-2-4-19(20)13-29/h2-12H,14-15H2,1H3/b23-12+. The minimum Gasteiger partial charge on any atom is -0.487 e. The smallest absolute Gasteiger partial charge is 0.293 e. The Morgan fingerprint density at radius 3 is 2.41 bits per heavy atom. The maximum absolute atomic E-state index is 12.9. The van der Waals surface area contributed by atoms with Crippen LogP contribution in [0.15, 0.2) is 65.6 Å². The van der Waals surface area contributed by atoms with Gasteiger partial charge >= 0.3 is 0 Å². The summed E-state index contributed by atoms with van der Waals surface area (Å²) in [5.41, 5.74) is 4.21. The summed E-state index contributed by atoms with van der Waals surface area (Å²) in [6, 6.07) is 21.2. The Bertz CT molecular complexity index is 1320. The molecule has 0 saturated carbocycles.